The van der Waals surface area contributed by atoms with E-state index < -0.39 is 5.60 Å². The van der Waals surface area contributed by atoms with E-state index in [1.165, 1.54) is 0 Å². The molecule has 16 heavy (non-hydrogen) atoms. The van der Waals surface area contributed by atoms with Crippen LogP contribution in [0.1, 0.15) is 47.5 Å². The van der Waals surface area contributed by atoms with E-state index in [0.717, 1.165) is 18.2 Å². The molecule has 0 saturated heterocycles. The largest absolute Gasteiger partial charge is 0.444 e. The van der Waals surface area contributed by atoms with Crippen molar-refractivity contribution in [1.29, 1.82) is 0 Å². The monoisotopic (exact) mass is 293 g/mol. The van der Waals surface area contributed by atoms with E-state index in [1.807, 2.05) is 27.7 Å². The first-order chi connectivity index (χ1) is 7.24. The number of ether oxygens (including phenoxy) is 1. The molecule has 0 aliphatic heterocycles. The van der Waals surface area contributed by atoms with Crippen LogP contribution in [0.15, 0.2) is 0 Å². The number of nitrogens with one attached hydrogen (secondary N) is 1. The molecule has 1 amide bonds. The van der Waals surface area contributed by atoms with Gasteiger partial charge < -0.3 is 10.1 Å². The standard InChI is InChI=1S/C12H24BrNO2/c1-9(8-13)6-7-10(2)14-11(15)16-12(3,4)5/h9-10H,6-8H2,1-5H3,(H,14,15). The molecule has 0 aromatic carbocycles. The van der Waals surface area contributed by atoms with Crippen LogP contribution in [0.3, 0.4) is 0 Å². The molecule has 0 aliphatic rings. The SMILES string of the molecule is CC(CBr)CCC(C)NC(=O)OC(C)(C)C. The number of alkyl carbamates (subject to hydrolysis) is 1. The summed E-state index contributed by atoms with van der Waals surface area (Å²) in [7, 11) is 0. The van der Waals surface area contributed by atoms with Crippen LogP contribution in [0.4, 0.5) is 4.79 Å². The Morgan fingerprint density at radius 2 is 1.88 bits per heavy atom. The van der Waals surface area contributed by atoms with Gasteiger partial charge in [0.15, 0.2) is 0 Å². The lowest BCUT2D eigenvalue weighted by molar-refractivity contribution is 0.0505. The van der Waals surface area contributed by atoms with Crippen molar-refractivity contribution in [2.45, 2.75) is 59.1 Å². The molecule has 0 bridgehead atoms. The van der Waals surface area contributed by atoms with Crippen LogP contribution < -0.4 is 5.32 Å². The number of alkyl halides is 1. The highest BCUT2D eigenvalue weighted by atomic mass is 79.9. The van der Waals surface area contributed by atoms with E-state index >= 15 is 0 Å². The molecule has 1 N–H and O–H groups in total. The van der Waals surface area contributed by atoms with Crippen LogP contribution >= 0.6 is 15.9 Å². The normalized spacial score (nSPS) is 15.4. The van der Waals surface area contributed by atoms with Gasteiger partial charge in [-0.05, 0) is 46.5 Å². The van der Waals surface area contributed by atoms with Crippen molar-refractivity contribution in [1.82, 2.24) is 5.32 Å². The molecule has 2 atom stereocenters. The molecular weight excluding hydrogens is 270 g/mol. The average molecular weight is 294 g/mol. The Morgan fingerprint density at radius 1 is 1.31 bits per heavy atom. The molecule has 0 saturated carbocycles. The summed E-state index contributed by atoms with van der Waals surface area (Å²) in [5.74, 6) is 0.642. The highest BCUT2D eigenvalue weighted by Crippen LogP contribution is 2.11. The zero-order valence-corrected chi connectivity index (χ0v) is 12.6. The van der Waals surface area contributed by atoms with Crippen molar-refractivity contribution in [3.05, 3.63) is 0 Å². The Kier molecular flexibility index (Phi) is 7.04. The number of hydrogen-bond donors (Lipinski definition) is 1. The van der Waals surface area contributed by atoms with Gasteiger partial charge in [0, 0.05) is 11.4 Å². The van der Waals surface area contributed by atoms with E-state index in [0.29, 0.717) is 5.92 Å². The maximum atomic E-state index is 11.4. The summed E-state index contributed by atoms with van der Waals surface area (Å²) >= 11 is 3.44. The van der Waals surface area contributed by atoms with Crippen LogP contribution in [-0.4, -0.2) is 23.1 Å². The Bertz CT molecular complexity index is 214. The first-order valence-electron chi connectivity index (χ1n) is 5.80. The fourth-order valence-corrected chi connectivity index (χ4v) is 1.52. The minimum atomic E-state index is -0.424. The molecular formula is C12H24BrNO2. The minimum absolute atomic E-state index is 0.163. The molecule has 0 aromatic heterocycles. The van der Waals surface area contributed by atoms with Gasteiger partial charge in [-0.25, -0.2) is 4.79 Å². The molecule has 96 valence electrons. The molecule has 3 nitrogen and oxygen atoms in total. The predicted octanol–water partition coefficient (Wildman–Crippen LogP) is 3.71. The lowest BCUT2D eigenvalue weighted by atomic mass is 10.0. The molecule has 0 heterocycles. The van der Waals surface area contributed by atoms with E-state index in [2.05, 4.69) is 28.2 Å². The van der Waals surface area contributed by atoms with Crippen molar-refractivity contribution < 1.29 is 9.53 Å². The van der Waals surface area contributed by atoms with Gasteiger partial charge in [-0.3, -0.25) is 0 Å². The highest BCUT2D eigenvalue weighted by molar-refractivity contribution is 9.09. The van der Waals surface area contributed by atoms with Gasteiger partial charge >= 0.3 is 6.09 Å². The second-order valence-corrected chi connectivity index (χ2v) is 6.03. The molecule has 2 unspecified atom stereocenters. The summed E-state index contributed by atoms with van der Waals surface area (Å²) < 4.78 is 5.18. The Hall–Kier alpha value is -0.250. The zero-order valence-electron chi connectivity index (χ0n) is 11.0. The van der Waals surface area contributed by atoms with E-state index in [9.17, 15) is 4.79 Å². The van der Waals surface area contributed by atoms with Crippen molar-refractivity contribution >= 4 is 22.0 Å². The van der Waals surface area contributed by atoms with Gasteiger partial charge in [0.05, 0.1) is 0 Å². The Morgan fingerprint density at radius 3 is 2.31 bits per heavy atom. The van der Waals surface area contributed by atoms with E-state index in [-0.39, 0.29) is 12.1 Å². The summed E-state index contributed by atoms with van der Waals surface area (Å²) in [4.78, 5) is 11.4. The third-order valence-electron chi connectivity index (χ3n) is 2.12. The van der Waals surface area contributed by atoms with E-state index in [1.54, 1.807) is 0 Å². The van der Waals surface area contributed by atoms with Gasteiger partial charge in [-0.1, -0.05) is 22.9 Å². The Balaban J connectivity index is 3.79. The first kappa shape index (κ1) is 15.8. The lowest BCUT2D eigenvalue weighted by Crippen LogP contribution is -2.37. The van der Waals surface area contributed by atoms with Crippen molar-refractivity contribution in [2.24, 2.45) is 5.92 Å². The van der Waals surface area contributed by atoms with Crippen LogP contribution in [0.2, 0.25) is 0 Å². The quantitative estimate of drug-likeness (QED) is 0.785. The number of halogens is 1. The van der Waals surface area contributed by atoms with Crippen LogP contribution in [-0.2, 0) is 4.74 Å². The number of hydrogen-bond acceptors (Lipinski definition) is 2. The number of amides is 1. The smallest absolute Gasteiger partial charge is 0.407 e. The molecule has 0 fully saturated rings. The molecule has 4 heteroatoms. The molecule has 0 rings (SSSR count). The second kappa shape index (κ2) is 7.15. The summed E-state index contributed by atoms with van der Waals surface area (Å²) in [6, 6.07) is 0.163. The zero-order chi connectivity index (χ0) is 12.8. The van der Waals surface area contributed by atoms with Gasteiger partial charge in [0.25, 0.3) is 0 Å². The lowest BCUT2D eigenvalue weighted by Gasteiger charge is -2.22. The maximum absolute atomic E-state index is 11.4. The summed E-state index contributed by atoms with van der Waals surface area (Å²) in [6.07, 6.45) is 1.75. The predicted molar refractivity (Wildman–Crippen MR) is 71.0 cm³/mol. The third-order valence-corrected chi connectivity index (χ3v) is 3.22. The first-order valence-corrected chi connectivity index (χ1v) is 6.92. The minimum Gasteiger partial charge on any atom is -0.444 e. The summed E-state index contributed by atoms with van der Waals surface area (Å²) in [5, 5.41) is 3.85. The maximum Gasteiger partial charge on any atom is 0.407 e. The second-order valence-electron chi connectivity index (χ2n) is 5.38. The highest BCUT2D eigenvalue weighted by Gasteiger charge is 2.17. The molecule has 0 aromatic rings. The van der Waals surface area contributed by atoms with Gasteiger partial charge in [-0.2, -0.15) is 0 Å². The summed E-state index contributed by atoms with van der Waals surface area (Å²) in [6.45, 7) is 9.79. The fraction of sp³-hybridized carbons (Fsp3) is 0.917. The van der Waals surface area contributed by atoms with Crippen LogP contribution in [0.5, 0.6) is 0 Å². The number of rotatable bonds is 5. The topological polar surface area (TPSA) is 38.3 Å². The van der Waals surface area contributed by atoms with Gasteiger partial charge in [0.1, 0.15) is 5.60 Å². The number of carbonyl (C=O) groups excluding carboxylic acids is 1. The summed E-state index contributed by atoms with van der Waals surface area (Å²) in [5.41, 5.74) is -0.424. The van der Waals surface area contributed by atoms with Crippen molar-refractivity contribution in [2.75, 3.05) is 5.33 Å². The van der Waals surface area contributed by atoms with E-state index in [4.69, 9.17) is 4.74 Å². The van der Waals surface area contributed by atoms with Gasteiger partial charge in [-0.15, -0.1) is 0 Å². The van der Waals surface area contributed by atoms with Gasteiger partial charge in [0.2, 0.25) is 0 Å². The third kappa shape index (κ3) is 9.01. The average Bonchev–Trinajstić information content (AvgIpc) is 2.10. The molecule has 0 radical (unpaired) electrons. The van der Waals surface area contributed by atoms with Crippen LogP contribution in [0.25, 0.3) is 0 Å². The van der Waals surface area contributed by atoms with Crippen LogP contribution in [0, 0.1) is 5.92 Å². The van der Waals surface area contributed by atoms with Crippen molar-refractivity contribution in [3.63, 3.8) is 0 Å². The molecule has 0 aliphatic carbocycles. The number of carbonyl (C=O) groups is 1. The fourth-order valence-electron chi connectivity index (χ4n) is 1.19. The Labute approximate surface area is 107 Å². The molecule has 0 spiro atoms. The van der Waals surface area contributed by atoms with Crippen molar-refractivity contribution in [3.8, 4) is 0 Å².